The van der Waals surface area contributed by atoms with E-state index in [1.165, 1.54) is 10.4 Å². The molecule has 1 fully saturated rings. The molecule has 7 nitrogen and oxygen atoms in total. The highest BCUT2D eigenvalue weighted by Crippen LogP contribution is 2.23. The summed E-state index contributed by atoms with van der Waals surface area (Å²) >= 11 is 7.31. The number of benzene rings is 1. The minimum absolute atomic E-state index is 0.0461. The van der Waals surface area contributed by atoms with Crippen LogP contribution >= 0.6 is 23.6 Å². The Morgan fingerprint density at radius 2 is 2.10 bits per heavy atom. The van der Waals surface area contributed by atoms with Gasteiger partial charge in [-0.25, -0.2) is 13.1 Å². The van der Waals surface area contributed by atoms with Crippen molar-refractivity contribution in [3.8, 4) is 5.69 Å². The number of rotatable bonds is 6. The van der Waals surface area contributed by atoms with Crippen LogP contribution in [-0.2, 0) is 23.1 Å². The van der Waals surface area contributed by atoms with E-state index in [2.05, 4.69) is 27.5 Å². The Labute approximate surface area is 179 Å². The maximum atomic E-state index is 12.0. The van der Waals surface area contributed by atoms with Gasteiger partial charge in [0.25, 0.3) is 0 Å². The lowest BCUT2D eigenvalue weighted by Gasteiger charge is -2.26. The zero-order valence-electron chi connectivity index (χ0n) is 16.4. The van der Waals surface area contributed by atoms with E-state index in [0.717, 1.165) is 11.3 Å². The van der Waals surface area contributed by atoms with E-state index in [1.807, 2.05) is 37.4 Å². The van der Waals surface area contributed by atoms with Crippen molar-refractivity contribution in [3.63, 3.8) is 0 Å². The predicted molar refractivity (Wildman–Crippen MR) is 117 cm³/mol. The van der Waals surface area contributed by atoms with Gasteiger partial charge in [-0.05, 0) is 66.0 Å². The summed E-state index contributed by atoms with van der Waals surface area (Å²) in [4.78, 5) is 3.33. The second kappa shape index (κ2) is 8.10. The Balaban J connectivity index is 1.62. The topological polar surface area (TPSA) is 73.0 Å². The number of tetrazole rings is 1. The highest BCUT2D eigenvalue weighted by molar-refractivity contribution is 7.91. The minimum Gasteiger partial charge on any atom is -0.275 e. The van der Waals surface area contributed by atoms with Gasteiger partial charge in [0.2, 0.25) is 4.77 Å². The lowest BCUT2D eigenvalue weighted by atomic mass is 10.1. The fraction of sp³-hybridized carbons (Fsp3) is 0.421. The summed E-state index contributed by atoms with van der Waals surface area (Å²) < 4.78 is 27.9. The molecule has 0 spiro atoms. The molecule has 0 aliphatic carbocycles. The van der Waals surface area contributed by atoms with Crippen molar-refractivity contribution < 1.29 is 8.42 Å². The van der Waals surface area contributed by atoms with Crippen molar-refractivity contribution in [2.45, 2.75) is 39.5 Å². The van der Waals surface area contributed by atoms with Crippen LogP contribution in [0.3, 0.4) is 0 Å². The van der Waals surface area contributed by atoms with Gasteiger partial charge in [0.05, 0.1) is 23.9 Å². The van der Waals surface area contributed by atoms with Crippen LogP contribution < -0.4 is 0 Å². The number of hydrogen-bond acceptors (Lipinski definition) is 7. The summed E-state index contributed by atoms with van der Waals surface area (Å²) in [6, 6.07) is 10.1. The quantitative estimate of drug-likeness (QED) is 0.539. The monoisotopic (exact) mass is 449 g/mol. The molecule has 154 valence electrons. The highest BCUT2D eigenvalue weighted by atomic mass is 32.2. The van der Waals surface area contributed by atoms with Crippen LogP contribution in [0.5, 0.6) is 0 Å². The van der Waals surface area contributed by atoms with Crippen LogP contribution in [0.1, 0.15) is 22.4 Å². The molecule has 0 radical (unpaired) electrons. The normalized spacial score (nSPS) is 18.5. The summed E-state index contributed by atoms with van der Waals surface area (Å²) in [5, 5.41) is 10.6. The first-order valence-corrected chi connectivity index (χ1v) is 12.5. The van der Waals surface area contributed by atoms with Crippen LogP contribution in [0.4, 0.5) is 0 Å². The van der Waals surface area contributed by atoms with Crippen molar-refractivity contribution in [1.82, 2.24) is 24.7 Å². The summed E-state index contributed by atoms with van der Waals surface area (Å²) in [6.07, 6.45) is 0.631. The van der Waals surface area contributed by atoms with Crippen LogP contribution in [0.25, 0.3) is 5.69 Å². The summed E-state index contributed by atoms with van der Waals surface area (Å²) in [7, 11) is -2.98. The molecule has 2 aromatic heterocycles. The van der Waals surface area contributed by atoms with Gasteiger partial charge in [-0.1, -0.05) is 23.8 Å². The Morgan fingerprint density at radius 1 is 1.28 bits per heavy atom. The lowest BCUT2D eigenvalue weighted by Crippen LogP contribution is -2.37. The van der Waals surface area contributed by atoms with E-state index >= 15 is 0 Å². The maximum Gasteiger partial charge on any atom is 0.221 e. The van der Waals surface area contributed by atoms with Crippen LogP contribution in [0.2, 0.25) is 0 Å². The summed E-state index contributed by atoms with van der Waals surface area (Å²) in [5.41, 5.74) is 3.15. The minimum atomic E-state index is -2.98. The van der Waals surface area contributed by atoms with E-state index in [4.69, 9.17) is 12.2 Å². The number of nitrogens with zero attached hydrogens (tertiary/aromatic N) is 5. The van der Waals surface area contributed by atoms with Crippen molar-refractivity contribution in [2.24, 2.45) is 0 Å². The lowest BCUT2D eigenvalue weighted by molar-refractivity contribution is 0.146. The zero-order chi connectivity index (χ0) is 20.6. The summed E-state index contributed by atoms with van der Waals surface area (Å²) in [5.74, 6) is 0.413. The molecule has 1 aromatic carbocycles. The first-order chi connectivity index (χ1) is 13.8. The molecule has 1 aliphatic heterocycles. The fourth-order valence-electron chi connectivity index (χ4n) is 3.69. The van der Waals surface area contributed by atoms with Gasteiger partial charge < -0.3 is 0 Å². The molecule has 1 saturated heterocycles. The van der Waals surface area contributed by atoms with E-state index in [1.54, 1.807) is 20.7 Å². The van der Waals surface area contributed by atoms with E-state index in [9.17, 15) is 8.42 Å². The number of sulfone groups is 1. The van der Waals surface area contributed by atoms with Gasteiger partial charge in [0.15, 0.2) is 9.84 Å². The third-order valence-electron chi connectivity index (χ3n) is 5.20. The Kier molecular flexibility index (Phi) is 5.69. The van der Waals surface area contributed by atoms with Crippen molar-refractivity contribution in [2.75, 3.05) is 11.5 Å². The summed E-state index contributed by atoms with van der Waals surface area (Å²) in [6.45, 7) is 5.14. The van der Waals surface area contributed by atoms with Gasteiger partial charge in [-0.15, -0.1) is 11.3 Å². The largest absolute Gasteiger partial charge is 0.275 e. The average molecular weight is 450 g/mol. The van der Waals surface area contributed by atoms with Crippen molar-refractivity contribution >= 4 is 33.4 Å². The Hall–Kier alpha value is -1.88. The molecule has 0 N–H and O–H groups in total. The average Bonchev–Trinajstić information content (AvgIpc) is 3.37. The molecular formula is C19H23N5O2S3. The Morgan fingerprint density at radius 3 is 2.76 bits per heavy atom. The van der Waals surface area contributed by atoms with E-state index in [-0.39, 0.29) is 17.5 Å². The smallest absolute Gasteiger partial charge is 0.221 e. The third-order valence-corrected chi connectivity index (χ3v) is 8.19. The van der Waals surface area contributed by atoms with Crippen LogP contribution in [0.15, 0.2) is 35.7 Å². The maximum absolute atomic E-state index is 12.0. The van der Waals surface area contributed by atoms with Gasteiger partial charge in [-0.2, -0.15) is 4.68 Å². The molecule has 0 saturated carbocycles. The second-order valence-corrected chi connectivity index (χ2v) is 11.1. The molecule has 1 atom stereocenters. The molecule has 0 bridgehead atoms. The first-order valence-electron chi connectivity index (χ1n) is 9.40. The molecule has 10 heteroatoms. The molecule has 3 heterocycles. The number of aryl methyl sites for hydroxylation is 2. The van der Waals surface area contributed by atoms with Crippen molar-refractivity contribution in [1.29, 1.82) is 0 Å². The van der Waals surface area contributed by atoms with Gasteiger partial charge >= 0.3 is 0 Å². The number of hydrogen-bond donors (Lipinski definition) is 0. The van der Waals surface area contributed by atoms with E-state index < -0.39 is 9.84 Å². The fourth-order valence-corrected chi connectivity index (χ4v) is 6.41. The van der Waals surface area contributed by atoms with E-state index in [0.29, 0.717) is 24.4 Å². The number of aromatic nitrogens is 4. The van der Waals surface area contributed by atoms with Gasteiger partial charge in [0, 0.05) is 17.5 Å². The molecule has 0 amide bonds. The zero-order valence-corrected chi connectivity index (χ0v) is 18.8. The van der Waals surface area contributed by atoms with Crippen molar-refractivity contribution in [3.05, 3.63) is 56.5 Å². The standard InChI is InChI=1S/C19H23N5O2S3/c1-14-5-6-18(15(2)10-14)24-19(27)23(20-21-24)13-22(11-17-4-3-8-28-17)16-7-9-29(25,26)12-16/h3-6,8,10,16H,7,9,11-13H2,1-2H3. The first kappa shape index (κ1) is 20.4. The predicted octanol–water partition coefficient (Wildman–Crippen LogP) is 3.12. The molecule has 1 unspecified atom stereocenters. The highest BCUT2D eigenvalue weighted by Gasteiger charge is 2.33. The van der Waals surface area contributed by atoms with Gasteiger partial charge in [0.1, 0.15) is 0 Å². The second-order valence-electron chi connectivity index (χ2n) is 7.49. The number of thiophene rings is 1. The van der Waals surface area contributed by atoms with Gasteiger partial charge in [-0.3, -0.25) is 4.90 Å². The van der Waals surface area contributed by atoms with Crippen LogP contribution in [-0.4, -0.2) is 50.7 Å². The molecule has 4 rings (SSSR count). The molecule has 1 aliphatic rings. The molecular weight excluding hydrogens is 426 g/mol. The SMILES string of the molecule is Cc1ccc(-n2nnn(CN(Cc3cccs3)C3CCS(=O)(=O)C3)c2=S)c(C)c1. The van der Waals surface area contributed by atoms with Crippen LogP contribution in [0, 0.1) is 18.6 Å². The molecule has 29 heavy (non-hydrogen) atoms. The molecule has 3 aromatic rings. The Bertz CT molecular complexity index is 1160. The third kappa shape index (κ3) is 4.50.